The Kier molecular flexibility index (Phi) is 5.75. The van der Waals surface area contributed by atoms with Gasteiger partial charge in [-0.3, -0.25) is 0 Å². The van der Waals surface area contributed by atoms with E-state index in [0.29, 0.717) is 16.7 Å². The third kappa shape index (κ3) is 4.95. The van der Waals surface area contributed by atoms with E-state index in [1.165, 1.54) is 0 Å². The average molecular weight is 352 g/mol. The van der Waals surface area contributed by atoms with Gasteiger partial charge in [0, 0.05) is 14.1 Å². The highest BCUT2D eigenvalue weighted by Crippen LogP contribution is 2.25. The Bertz CT molecular complexity index is 739. The minimum Gasteiger partial charge on any atom is -0.480 e. The van der Waals surface area contributed by atoms with Gasteiger partial charge in [-0.05, 0) is 24.6 Å². The lowest BCUT2D eigenvalue weighted by atomic mass is 10.2. The second kappa shape index (κ2) is 7.78. The predicted octanol–water partition coefficient (Wildman–Crippen LogP) is 1.60. The molecule has 0 bridgehead atoms. The summed E-state index contributed by atoms with van der Waals surface area (Å²) in [6, 6.07) is 5.29. The SMILES string of the molecule is Cc1ccc(Cl)c(OCC(=O)OCc2nc(N)nc(N(C)C)n2)c1. The van der Waals surface area contributed by atoms with Crippen LogP contribution in [0.2, 0.25) is 5.02 Å². The van der Waals surface area contributed by atoms with Crippen LogP contribution in [0.25, 0.3) is 0 Å². The number of halogens is 1. The molecule has 2 N–H and O–H groups in total. The minimum atomic E-state index is -0.571. The number of nitrogens with two attached hydrogens (primary N) is 1. The van der Waals surface area contributed by atoms with Crippen LogP contribution in [0.3, 0.4) is 0 Å². The number of ether oxygens (including phenoxy) is 2. The van der Waals surface area contributed by atoms with E-state index in [0.717, 1.165) is 5.56 Å². The van der Waals surface area contributed by atoms with E-state index >= 15 is 0 Å². The number of hydrogen-bond donors (Lipinski definition) is 1. The van der Waals surface area contributed by atoms with Gasteiger partial charge in [-0.2, -0.15) is 15.0 Å². The molecule has 0 fully saturated rings. The minimum absolute atomic E-state index is 0.0579. The number of esters is 1. The van der Waals surface area contributed by atoms with Gasteiger partial charge in [-0.1, -0.05) is 17.7 Å². The van der Waals surface area contributed by atoms with Crippen molar-refractivity contribution in [3.05, 3.63) is 34.6 Å². The van der Waals surface area contributed by atoms with E-state index in [9.17, 15) is 4.79 Å². The van der Waals surface area contributed by atoms with Crippen LogP contribution in [0, 0.1) is 6.92 Å². The molecule has 0 unspecified atom stereocenters. The zero-order chi connectivity index (χ0) is 17.7. The molecule has 1 heterocycles. The van der Waals surface area contributed by atoms with Crippen molar-refractivity contribution in [2.24, 2.45) is 0 Å². The van der Waals surface area contributed by atoms with E-state index in [-0.39, 0.29) is 25.0 Å². The Morgan fingerprint density at radius 1 is 1.29 bits per heavy atom. The molecule has 128 valence electrons. The molecular weight excluding hydrogens is 334 g/mol. The number of rotatable bonds is 6. The number of aromatic nitrogens is 3. The fraction of sp³-hybridized carbons (Fsp3) is 0.333. The molecule has 0 atom stereocenters. The Hall–Kier alpha value is -2.61. The van der Waals surface area contributed by atoms with Crippen LogP contribution in [0.4, 0.5) is 11.9 Å². The highest BCUT2D eigenvalue weighted by molar-refractivity contribution is 6.32. The van der Waals surface area contributed by atoms with Gasteiger partial charge < -0.3 is 20.1 Å². The Balaban J connectivity index is 1.90. The summed E-state index contributed by atoms with van der Waals surface area (Å²) < 4.78 is 10.4. The van der Waals surface area contributed by atoms with Gasteiger partial charge in [0.2, 0.25) is 11.9 Å². The lowest BCUT2D eigenvalue weighted by Gasteiger charge is -2.12. The first-order chi connectivity index (χ1) is 11.3. The Morgan fingerprint density at radius 3 is 2.75 bits per heavy atom. The standard InChI is InChI=1S/C15H18ClN5O3/c1-9-4-5-10(16)11(6-9)23-8-13(22)24-7-12-18-14(17)20-15(19-12)21(2)3/h4-6H,7-8H2,1-3H3,(H2,17,18,19,20). The van der Waals surface area contributed by atoms with Gasteiger partial charge in [0.15, 0.2) is 19.0 Å². The normalized spacial score (nSPS) is 10.3. The summed E-state index contributed by atoms with van der Waals surface area (Å²) >= 11 is 5.99. The molecule has 0 amide bonds. The zero-order valence-electron chi connectivity index (χ0n) is 13.6. The average Bonchev–Trinajstić information content (AvgIpc) is 2.53. The number of hydrogen-bond acceptors (Lipinski definition) is 8. The number of aryl methyl sites for hydroxylation is 1. The van der Waals surface area contributed by atoms with E-state index in [4.69, 9.17) is 26.8 Å². The van der Waals surface area contributed by atoms with Gasteiger partial charge >= 0.3 is 5.97 Å². The summed E-state index contributed by atoms with van der Waals surface area (Å²) in [7, 11) is 3.54. The molecule has 2 rings (SSSR count). The van der Waals surface area contributed by atoms with Gasteiger partial charge in [0.1, 0.15) is 5.75 Å². The fourth-order valence-corrected chi connectivity index (χ4v) is 1.91. The monoisotopic (exact) mass is 351 g/mol. The molecule has 8 nitrogen and oxygen atoms in total. The predicted molar refractivity (Wildman–Crippen MR) is 90.0 cm³/mol. The van der Waals surface area contributed by atoms with Crippen LogP contribution in [0.15, 0.2) is 18.2 Å². The molecule has 2 aromatic rings. The van der Waals surface area contributed by atoms with Crippen molar-refractivity contribution < 1.29 is 14.3 Å². The second-order valence-corrected chi connectivity index (χ2v) is 5.59. The molecule has 0 aliphatic rings. The lowest BCUT2D eigenvalue weighted by Crippen LogP contribution is -2.19. The molecule has 24 heavy (non-hydrogen) atoms. The summed E-state index contributed by atoms with van der Waals surface area (Å²) in [4.78, 5) is 25.5. The maximum Gasteiger partial charge on any atom is 0.344 e. The smallest absolute Gasteiger partial charge is 0.344 e. The Labute approximate surface area is 144 Å². The third-order valence-electron chi connectivity index (χ3n) is 2.88. The molecule has 0 spiro atoms. The van der Waals surface area contributed by atoms with Crippen LogP contribution in [-0.4, -0.2) is 41.6 Å². The molecule has 1 aromatic carbocycles. The number of carbonyl (C=O) groups is 1. The second-order valence-electron chi connectivity index (χ2n) is 5.19. The molecule has 9 heteroatoms. The van der Waals surface area contributed by atoms with Gasteiger partial charge in [0.05, 0.1) is 5.02 Å². The third-order valence-corrected chi connectivity index (χ3v) is 3.19. The highest BCUT2D eigenvalue weighted by atomic mass is 35.5. The van der Waals surface area contributed by atoms with E-state index < -0.39 is 5.97 Å². The molecule has 1 aromatic heterocycles. The highest BCUT2D eigenvalue weighted by Gasteiger charge is 2.11. The summed E-state index contributed by atoms with van der Waals surface area (Å²) in [6.07, 6.45) is 0. The van der Waals surface area contributed by atoms with Crippen molar-refractivity contribution in [3.8, 4) is 5.75 Å². The van der Waals surface area contributed by atoms with E-state index in [1.54, 1.807) is 31.1 Å². The maximum absolute atomic E-state index is 11.8. The largest absolute Gasteiger partial charge is 0.480 e. The molecule has 0 radical (unpaired) electrons. The summed E-state index contributed by atoms with van der Waals surface area (Å²) in [5.41, 5.74) is 6.57. The van der Waals surface area contributed by atoms with Crippen LogP contribution in [0.5, 0.6) is 5.75 Å². The number of carbonyl (C=O) groups excluding carboxylic acids is 1. The maximum atomic E-state index is 11.8. The van der Waals surface area contributed by atoms with Crippen molar-refractivity contribution in [2.75, 3.05) is 31.3 Å². The van der Waals surface area contributed by atoms with Crippen LogP contribution in [0.1, 0.15) is 11.4 Å². The van der Waals surface area contributed by atoms with E-state index in [2.05, 4.69) is 15.0 Å². The molecule has 0 saturated heterocycles. The van der Waals surface area contributed by atoms with Crippen molar-refractivity contribution in [1.82, 2.24) is 15.0 Å². The first-order valence-electron chi connectivity index (χ1n) is 7.07. The first-order valence-corrected chi connectivity index (χ1v) is 7.45. The van der Waals surface area contributed by atoms with Crippen molar-refractivity contribution in [3.63, 3.8) is 0 Å². The van der Waals surface area contributed by atoms with Crippen LogP contribution < -0.4 is 15.4 Å². The molecular formula is C15H18ClN5O3. The summed E-state index contributed by atoms with van der Waals surface area (Å²) in [5.74, 6) is 0.554. The van der Waals surface area contributed by atoms with Gasteiger partial charge in [0.25, 0.3) is 0 Å². The van der Waals surface area contributed by atoms with Gasteiger partial charge in [-0.15, -0.1) is 0 Å². The first kappa shape index (κ1) is 17.7. The fourth-order valence-electron chi connectivity index (χ4n) is 1.73. The molecule has 0 aliphatic carbocycles. The lowest BCUT2D eigenvalue weighted by molar-refractivity contribution is -0.147. The Morgan fingerprint density at radius 2 is 2.04 bits per heavy atom. The number of nitrogens with zero attached hydrogens (tertiary/aromatic N) is 4. The van der Waals surface area contributed by atoms with Crippen LogP contribution >= 0.6 is 11.6 Å². The quantitative estimate of drug-likeness (QED) is 0.783. The zero-order valence-corrected chi connectivity index (χ0v) is 14.4. The van der Waals surface area contributed by atoms with Gasteiger partial charge in [-0.25, -0.2) is 4.79 Å². The number of nitrogen functional groups attached to an aromatic ring is 1. The number of benzene rings is 1. The van der Waals surface area contributed by atoms with Crippen LogP contribution in [-0.2, 0) is 16.1 Å². The molecule has 0 aliphatic heterocycles. The topological polar surface area (TPSA) is 103 Å². The van der Waals surface area contributed by atoms with E-state index in [1.807, 2.05) is 13.0 Å². The summed E-state index contributed by atoms with van der Waals surface area (Å²) in [5, 5.41) is 0.425. The van der Waals surface area contributed by atoms with Crippen molar-refractivity contribution in [1.29, 1.82) is 0 Å². The van der Waals surface area contributed by atoms with Crippen molar-refractivity contribution in [2.45, 2.75) is 13.5 Å². The summed E-state index contributed by atoms with van der Waals surface area (Å²) in [6.45, 7) is 1.50. The molecule has 0 saturated carbocycles. The van der Waals surface area contributed by atoms with Crippen molar-refractivity contribution >= 4 is 29.5 Å². The number of anilines is 2.